The van der Waals surface area contributed by atoms with Gasteiger partial charge in [-0.05, 0) is 32.0 Å². The minimum atomic E-state index is -4.49. The highest BCUT2D eigenvalue weighted by Gasteiger charge is 2.46. The van der Waals surface area contributed by atoms with Crippen LogP contribution in [-0.2, 0) is 0 Å². The van der Waals surface area contributed by atoms with E-state index in [4.69, 9.17) is 0 Å². The van der Waals surface area contributed by atoms with E-state index in [0.29, 0.717) is 5.69 Å². The van der Waals surface area contributed by atoms with Crippen molar-refractivity contribution in [2.24, 2.45) is 5.10 Å². The number of halogens is 3. The molecule has 0 saturated carbocycles. The molecule has 1 fully saturated rings. The number of nitrogens with one attached hydrogen (secondary N) is 1. The summed E-state index contributed by atoms with van der Waals surface area (Å²) < 4.78 is 41.5. The average Bonchev–Trinajstić information content (AvgIpc) is 2.92. The van der Waals surface area contributed by atoms with E-state index in [1.165, 1.54) is 16.8 Å². The second kappa shape index (κ2) is 5.41. The van der Waals surface area contributed by atoms with E-state index < -0.39 is 23.2 Å². The van der Waals surface area contributed by atoms with Gasteiger partial charge in [-0.15, -0.1) is 0 Å². The van der Waals surface area contributed by atoms with E-state index in [1.807, 2.05) is 0 Å². The maximum atomic E-state index is 13.3. The fourth-order valence-electron chi connectivity index (χ4n) is 3.55. The molecule has 0 radical (unpaired) electrons. The Morgan fingerprint density at radius 1 is 1.25 bits per heavy atom. The lowest BCUT2D eigenvalue weighted by Gasteiger charge is -2.25. The van der Waals surface area contributed by atoms with Crippen LogP contribution in [0.4, 0.5) is 13.2 Å². The second-order valence-corrected chi connectivity index (χ2v) is 6.15. The Kier molecular flexibility index (Phi) is 3.45. The zero-order chi connectivity index (χ0) is 16.9. The van der Waals surface area contributed by atoms with Gasteiger partial charge in [0.05, 0.1) is 17.3 Å². The largest absolute Gasteiger partial charge is 0.413 e. The maximum absolute atomic E-state index is 13.3. The van der Waals surface area contributed by atoms with Gasteiger partial charge in [0.15, 0.2) is 0 Å². The Morgan fingerprint density at radius 2 is 2.00 bits per heavy atom. The molecule has 1 N–H and O–H groups in total. The number of nitrogens with zero attached hydrogens (tertiary/aromatic N) is 3. The monoisotopic (exact) mass is 336 g/mol. The Bertz CT molecular complexity index is 829. The quantitative estimate of drug-likeness (QED) is 0.854. The molecule has 1 atom stereocenters. The number of fused-ring (bicyclic) bond motifs is 3. The first kappa shape index (κ1) is 15.3. The molecule has 4 rings (SSSR count). The van der Waals surface area contributed by atoms with Gasteiger partial charge in [-0.3, -0.25) is 4.79 Å². The Hall–Kier alpha value is -2.22. The van der Waals surface area contributed by atoms with E-state index in [0.717, 1.165) is 32.0 Å². The predicted molar refractivity (Wildman–Crippen MR) is 82.2 cm³/mol. The first-order valence-corrected chi connectivity index (χ1v) is 7.84. The average molecular weight is 336 g/mol. The van der Waals surface area contributed by atoms with Crippen molar-refractivity contribution in [1.82, 2.24) is 15.0 Å². The van der Waals surface area contributed by atoms with Crippen molar-refractivity contribution in [3.63, 3.8) is 0 Å². The molecule has 2 aliphatic heterocycles. The molecule has 0 bridgehead atoms. The number of rotatable bonds is 1. The Balaban J connectivity index is 1.86. The molecule has 1 saturated heterocycles. The van der Waals surface area contributed by atoms with Gasteiger partial charge in [0, 0.05) is 17.6 Å². The lowest BCUT2D eigenvalue weighted by molar-refractivity contribution is -0.0942. The van der Waals surface area contributed by atoms with Crippen LogP contribution in [0.5, 0.6) is 0 Å². The van der Waals surface area contributed by atoms with E-state index in [9.17, 15) is 18.0 Å². The minimum Gasteiger partial charge on any atom is -0.317 e. The van der Waals surface area contributed by atoms with Crippen molar-refractivity contribution >= 4 is 5.71 Å². The summed E-state index contributed by atoms with van der Waals surface area (Å²) >= 11 is 0. The van der Waals surface area contributed by atoms with Gasteiger partial charge in [0.1, 0.15) is 5.82 Å². The third kappa shape index (κ3) is 2.41. The molecule has 1 aliphatic carbocycles. The molecule has 1 unspecified atom stereocenters. The predicted octanol–water partition coefficient (Wildman–Crippen LogP) is 2.07. The van der Waals surface area contributed by atoms with Crippen molar-refractivity contribution < 1.29 is 13.2 Å². The first-order valence-electron chi connectivity index (χ1n) is 7.84. The number of alkyl halides is 3. The summed E-state index contributed by atoms with van der Waals surface area (Å²) in [5.41, 5.74) is -0.312. The first-order chi connectivity index (χ1) is 11.4. The number of allylic oxidation sites excluding steroid dienone is 4. The summed E-state index contributed by atoms with van der Waals surface area (Å²) in [4.78, 5) is 15.9. The van der Waals surface area contributed by atoms with Crippen LogP contribution in [0.1, 0.15) is 36.2 Å². The maximum Gasteiger partial charge on any atom is 0.413 e. The minimum absolute atomic E-state index is 0.0685. The molecule has 8 heteroatoms. The summed E-state index contributed by atoms with van der Waals surface area (Å²) in [6.45, 7) is 1.62. The highest BCUT2D eigenvalue weighted by atomic mass is 19.4. The highest BCUT2D eigenvalue weighted by molar-refractivity contribution is 6.04. The number of hydrogen-bond acceptors (Lipinski definition) is 4. The molecular formula is C16H15F3N4O. The molecule has 0 spiro atoms. The zero-order valence-corrected chi connectivity index (χ0v) is 12.7. The van der Waals surface area contributed by atoms with E-state index in [-0.39, 0.29) is 17.5 Å². The third-order valence-corrected chi connectivity index (χ3v) is 4.67. The molecule has 0 aromatic carbocycles. The summed E-state index contributed by atoms with van der Waals surface area (Å²) in [6, 6.07) is 1.40. The third-order valence-electron chi connectivity index (χ3n) is 4.67. The molecule has 3 heterocycles. The smallest absolute Gasteiger partial charge is 0.317 e. The summed E-state index contributed by atoms with van der Waals surface area (Å²) in [6.07, 6.45) is 1.06. The highest BCUT2D eigenvalue weighted by Crippen LogP contribution is 2.42. The van der Waals surface area contributed by atoms with E-state index in [2.05, 4.69) is 15.4 Å². The van der Waals surface area contributed by atoms with Gasteiger partial charge in [-0.2, -0.15) is 23.3 Å². The van der Waals surface area contributed by atoms with Crippen LogP contribution in [0.2, 0.25) is 0 Å². The topological polar surface area (TPSA) is 59.3 Å². The van der Waals surface area contributed by atoms with Crippen LogP contribution >= 0.6 is 0 Å². The van der Waals surface area contributed by atoms with Crippen LogP contribution in [0.15, 0.2) is 39.8 Å². The summed E-state index contributed by atoms with van der Waals surface area (Å²) in [5.74, 6) is -0.962. The summed E-state index contributed by atoms with van der Waals surface area (Å²) in [7, 11) is 0. The number of hydrogen-bond donors (Lipinski definition) is 1. The van der Waals surface area contributed by atoms with Crippen molar-refractivity contribution in [3.8, 4) is 0 Å². The van der Waals surface area contributed by atoms with E-state index in [1.54, 1.807) is 6.08 Å². The lowest BCUT2D eigenvalue weighted by Crippen LogP contribution is -2.30. The fourth-order valence-corrected chi connectivity index (χ4v) is 3.55. The fraction of sp³-hybridized carbons (Fsp3) is 0.438. The molecule has 24 heavy (non-hydrogen) atoms. The van der Waals surface area contributed by atoms with Crippen molar-refractivity contribution in [2.75, 3.05) is 13.1 Å². The van der Waals surface area contributed by atoms with Gasteiger partial charge in [0.25, 0.3) is 5.56 Å². The number of aromatic nitrogens is 2. The normalized spacial score (nSPS) is 23.5. The van der Waals surface area contributed by atoms with Crippen molar-refractivity contribution in [3.05, 3.63) is 51.7 Å². The summed E-state index contributed by atoms with van der Waals surface area (Å²) in [5, 5.41) is 7.57. The van der Waals surface area contributed by atoms with Gasteiger partial charge in [-0.25, -0.2) is 4.68 Å². The van der Waals surface area contributed by atoms with Crippen LogP contribution in [0.3, 0.4) is 0 Å². The van der Waals surface area contributed by atoms with Gasteiger partial charge in [-0.1, -0.05) is 12.2 Å². The van der Waals surface area contributed by atoms with Gasteiger partial charge < -0.3 is 5.32 Å². The zero-order valence-electron chi connectivity index (χ0n) is 12.7. The van der Waals surface area contributed by atoms with Crippen LogP contribution in [0, 0.1) is 0 Å². The second-order valence-electron chi connectivity index (χ2n) is 6.15. The molecule has 5 nitrogen and oxygen atoms in total. The molecule has 3 aliphatic rings. The number of piperidine rings is 1. The van der Waals surface area contributed by atoms with Crippen molar-refractivity contribution in [1.29, 1.82) is 0 Å². The molecule has 1 aromatic rings. The molecule has 0 amide bonds. The molecular weight excluding hydrogens is 321 g/mol. The van der Waals surface area contributed by atoms with E-state index >= 15 is 0 Å². The van der Waals surface area contributed by atoms with Crippen LogP contribution < -0.4 is 10.9 Å². The molecule has 126 valence electrons. The van der Waals surface area contributed by atoms with Gasteiger partial charge in [0.2, 0.25) is 0 Å². The molecule has 1 aromatic heterocycles. The SMILES string of the molecule is O=c1cc(C2CCNCC2)n2c(n1)C1C(C(F)(F)F)=CC=CC1=N2. The van der Waals surface area contributed by atoms with Crippen molar-refractivity contribution in [2.45, 2.75) is 30.9 Å². The van der Waals surface area contributed by atoms with Gasteiger partial charge >= 0.3 is 6.18 Å². The lowest BCUT2D eigenvalue weighted by atomic mass is 9.88. The Labute approximate surface area is 135 Å². The van der Waals surface area contributed by atoms with Crippen LogP contribution in [0.25, 0.3) is 0 Å². The van der Waals surface area contributed by atoms with Crippen LogP contribution in [-0.4, -0.2) is 34.6 Å². The Morgan fingerprint density at radius 3 is 2.71 bits per heavy atom. The standard InChI is InChI=1S/C16H15F3N4O/c17-16(18,19)10-2-1-3-11-14(10)15-21-13(24)8-12(23(15)22-11)9-4-6-20-7-5-9/h1-3,8-9,14,20H,4-7H2.